The van der Waals surface area contributed by atoms with E-state index in [1.807, 2.05) is 30.3 Å². The van der Waals surface area contributed by atoms with E-state index < -0.39 is 0 Å². The van der Waals surface area contributed by atoms with Gasteiger partial charge in [0.1, 0.15) is 0 Å². The van der Waals surface area contributed by atoms with Crippen LogP contribution in [0.5, 0.6) is 0 Å². The molecule has 0 bridgehead atoms. The maximum Gasteiger partial charge on any atom is 0.0570 e. The monoisotopic (exact) mass is 280 g/mol. The summed E-state index contributed by atoms with van der Waals surface area (Å²) < 4.78 is 0. The van der Waals surface area contributed by atoms with Crippen molar-refractivity contribution in [2.45, 2.75) is 19.5 Å². The first-order valence-corrected chi connectivity index (χ1v) is 6.50. The van der Waals surface area contributed by atoms with Gasteiger partial charge in [-0.2, -0.15) is 0 Å². The lowest BCUT2D eigenvalue weighted by molar-refractivity contribution is 0.561. The highest BCUT2D eigenvalue weighted by Gasteiger charge is 2.06. The average Bonchev–Trinajstić information content (AvgIpc) is 2.36. The predicted octanol–water partition coefficient (Wildman–Crippen LogP) is 4.24. The maximum atomic E-state index is 5.96. The fourth-order valence-electron chi connectivity index (χ4n) is 1.72. The molecule has 2 aromatic rings. The Morgan fingerprint density at radius 2 is 1.89 bits per heavy atom. The number of halogens is 2. The summed E-state index contributed by atoms with van der Waals surface area (Å²) in [5.41, 5.74) is 2.08. The summed E-state index contributed by atoms with van der Waals surface area (Å²) >= 11 is 11.9. The van der Waals surface area contributed by atoms with Gasteiger partial charge in [-0.15, -0.1) is 0 Å². The van der Waals surface area contributed by atoms with Gasteiger partial charge in [0.25, 0.3) is 0 Å². The molecule has 0 saturated heterocycles. The van der Waals surface area contributed by atoms with Crippen LogP contribution in [0.1, 0.15) is 24.2 Å². The van der Waals surface area contributed by atoms with Crippen LogP contribution in [0.3, 0.4) is 0 Å². The molecule has 0 unspecified atom stereocenters. The third kappa shape index (κ3) is 3.70. The number of nitrogens with zero attached hydrogens (tertiary/aromatic N) is 1. The Labute approximate surface area is 117 Å². The van der Waals surface area contributed by atoms with Crippen LogP contribution in [0.2, 0.25) is 10.0 Å². The quantitative estimate of drug-likeness (QED) is 0.906. The second kappa shape index (κ2) is 6.19. The minimum Gasteiger partial charge on any atom is -0.305 e. The molecule has 94 valence electrons. The molecule has 0 amide bonds. The molecule has 1 N–H and O–H groups in total. The summed E-state index contributed by atoms with van der Waals surface area (Å²) in [5.74, 6) is 0. The second-order valence-electron chi connectivity index (χ2n) is 4.13. The van der Waals surface area contributed by atoms with Crippen molar-refractivity contribution in [2.75, 3.05) is 0 Å². The first kappa shape index (κ1) is 13.3. The number of hydrogen-bond acceptors (Lipinski definition) is 2. The molecule has 0 aliphatic rings. The highest BCUT2D eigenvalue weighted by atomic mass is 35.5. The normalized spacial score (nSPS) is 12.4. The van der Waals surface area contributed by atoms with E-state index in [-0.39, 0.29) is 6.04 Å². The van der Waals surface area contributed by atoms with Crippen molar-refractivity contribution in [3.63, 3.8) is 0 Å². The standard InChI is InChI=1S/C14H14Cl2N2/c1-10(14-4-2-3-5-17-14)18-9-11-6-12(15)8-13(16)7-11/h2-8,10,18H,9H2,1H3/t10-/m1/s1. The van der Waals surface area contributed by atoms with E-state index in [9.17, 15) is 0 Å². The van der Waals surface area contributed by atoms with Crippen LogP contribution in [-0.4, -0.2) is 4.98 Å². The van der Waals surface area contributed by atoms with E-state index in [0.29, 0.717) is 16.6 Å². The van der Waals surface area contributed by atoms with Crippen molar-refractivity contribution in [3.8, 4) is 0 Å². The number of aromatic nitrogens is 1. The molecule has 1 atom stereocenters. The summed E-state index contributed by atoms with van der Waals surface area (Å²) in [4.78, 5) is 4.31. The number of rotatable bonds is 4. The number of hydrogen-bond donors (Lipinski definition) is 1. The van der Waals surface area contributed by atoms with Gasteiger partial charge in [0.05, 0.1) is 5.69 Å². The Balaban J connectivity index is 1.99. The van der Waals surface area contributed by atoms with Gasteiger partial charge in [-0.05, 0) is 42.8 Å². The molecule has 1 aromatic carbocycles. The number of pyridine rings is 1. The van der Waals surface area contributed by atoms with Gasteiger partial charge in [0.2, 0.25) is 0 Å². The Kier molecular flexibility index (Phi) is 4.59. The second-order valence-corrected chi connectivity index (χ2v) is 5.01. The molecule has 0 radical (unpaired) electrons. The highest BCUT2D eigenvalue weighted by molar-refractivity contribution is 6.34. The maximum absolute atomic E-state index is 5.96. The molecule has 1 aromatic heterocycles. The van der Waals surface area contributed by atoms with Gasteiger partial charge in [0.15, 0.2) is 0 Å². The smallest absolute Gasteiger partial charge is 0.0570 e. The Hall–Kier alpha value is -1.09. The summed E-state index contributed by atoms with van der Waals surface area (Å²) in [6.45, 7) is 2.78. The van der Waals surface area contributed by atoms with Crippen molar-refractivity contribution in [1.82, 2.24) is 10.3 Å². The fourth-order valence-corrected chi connectivity index (χ4v) is 2.29. The molecular weight excluding hydrogens is 267 g/mol. The number of nitrogens with one attached hydrogen (secondary N) is 1. The van der Waals surface area contributed by atoms with Gasteiger partial charge >= 0.3 is 0 Å². The first-order valence-electron chi connectivity index (χ1n) is 5.74. The van der Waals surface area contributed by atoms with Gasteiger partial charge in [-0.25, -0.2) is 0 Å². The first-order chi connectivity index (χ1) is 8.65. The zero-order valence-electron chi connectivity index (χ0n) is 10.0. The molecule has 18 heavy (non-hydrogen) atoms. The van der Waals surface area contributed by atoms with Crippen molar-refractivity contribution < 1.29 is 0 Å². The van der Waals surface area contributed by atoms with Gasteiger partial charge in [-0.3, -0.25) is 4.98 Å². The molecule has 0 spiro atoms. The summed E-state index contributed by atoms with van der Waals surface area (Å²) in [6.07, 6.45) is 1.80. The van der Waals surface area contributed by atoms with Crippen molar-refractivity contribution in [2.24, 2.45) is 0 Å². The Morgan fingerprint density at radius 1 is 1.17 bits per heavy atom. The lowest BCUT2D eigenvalue weighted by Gasteiger charge is -2.13. The molecule has 1 heterocycles. The molecule has 4 heteroatoms. The summed E-state index contributed by atoms with van der Waals surface area (Å²) in [5, 5.41) is 4.70. The Morgan fingerprint density at radius 3 is 2.50 bits per heavy atom. The van der Waals surface area contributed by atoms with Crippen molar-refractivity contribution in [3.05, 3.63) is 63.9 Å². The van der Waals surface area contributed by atoms with Crippen LogP contribution in [0.4, 0.5) is 0 Å². The van der Waals surface area contributed by atoms with Gasteiger partial charge in [-0.1, -0.05) is 29.3 Å². The largest absolute Gasteiger partial charge is 0.305 e. The van der Waals surface area contributed by atoms with Crippen LogP contribution in [-0.2, 0) is 6.54 Å². The molecule has 0 saturated carbocycles. The van der Waals surface area contributed by atoms with Crippen LogP contribution in [0, 0.1) is 0 Å². The summed E-state index contributed by atoms with van der Waals surface area (Å²) in [6, 6.07) is 11.6. The van der Waals surface area contributed by atoms with Crippen LogP contribution in [0.25, 0.3) is 0 Å². The van der Waals surface area contributed by atoms with E-state index >= 15 is 0 Å². The molecular formula is C14H14Cl2N2. The van der Waals surface area contributed by atoms with E-state index in [1.54, 1.807) is 12.3 Å². The predicted molar refractivity (Wildman–Crippen MR) is 76.0 cm³/mol. The third-order valence-electron chi connectivity index (χ3n) is 2.67. The van der Waals surface area contributed by atoms with Crippen LogP contribution >= 0.6 is 23.2 Å². The fraction of sp³-hybridized carbons (Fsp3) is 0.214. The average molecular weight is 281 g/mol. The zero-order valence-corrected chi connectivity index (χ0v) is 11.5. The minimum atomic E-state index is 0.184. The van der Waals surface area contributed by atoms with Crippen molar-refractivity contribution in [1.29, 1.82) is 0 Å². The Bertz CT molecular complexity index is 494. The molecule has 0 fully saturated rings. The van der Waals surface area contributed by atoms with Gasteiger partial charge < -0.3 is 5.32 Å². The lowest BCUT2D eigenvalue weighted by atomic mass is 10.2. The van der Waals surface area contributed by atoms with E-state index in [1.165, 1.54) is 0 Å². The zero-order chi connectivity index (χ0) is 13.0. The van der Waals surface area contributed by atoms with Crippen molar-refractivity contribution >= 4 is 23.2 Å². The van der Waals surface area contributed by atoms with E-state index in [2.05, 4.69) is 17.2 Å². The van der Waals surface area contributed by atoms with E-state index in [0.717, 1.165) is 11.3 Å². The highest BCUT2D eigenvalue weighted by Crippen LogP contribution is 2.19. The SMILES string of the molecule is C[C@@H](NCc1cc(Cl)cc(Cl)c1)c1ccccn1. The van der Waals surface area contributed by atoms with Gasteiger partial charge in [0, 0.05) is 28.8 Å². The third-order valence-corrected chi connectivity index (χ3v) is 3.10. The molecule has 0 aliphatic heterocycles. The minimum absolute atomic E-state index is 0.184. The molecule has 0 aliphatic carbocycles. The van der Waals surface area contributed by atoms with E-state index in [4.69, 9.17) is 23.2 Å². The topological polar surface area (TPSA) is 24.9 Å². The van der Waals surface area contributed by atoms with Crippen LogP contribution < -0.4 is 5.32 Å². The van der Waals surface area contributed by atoms with Crippen LogP contribution in [0.15, 0.2) is 42.6 Å². The number of benzene rings is 1. The summed E-state index contributed by atoms with van der Waals surface area (Å²) in [7, 11) is 0. The molecule has 2 rings (SSSR count). The lowest BCUT2D eigenvalue weighted by Crippen LogP contribution is -2.18. The molecule has 2 nitrogen and oxygen atoms in total.